The minimum atomic E-state index is -1.06. The second-order valence-electron chi connectivity index (χ2n) is 8.29. The van der Waals surface area contributed by atoms with Crippen molar-refractivity contribution in [3.05, 3.63) is 30.2 Å². The number of ether oxygens (including phenoxy) is 2. The topological polar surface area (TPSA) is 129 Å². The maximum atomic E-state index is 12.6. The molecule has 2 aromatic heterocycles. The molecule has 0 aromatic carbocycles. The molecule has 0 saturated heterocycles. The van der Waals surface area contributed by atoms with E-state index in [0.29, 0.717) is 5.69 Å². The lowest BCUT2D eigenvalue weighted by Gasteiger charge is -2.25. The molecule has 0 radical (unpaired) electrons. The van der Waals surface area contributed by atoms with Crippen LogP contribution in [-0.4, -0.2) is 54.7 Å². The Labute approximate surface area is 169 Å². The van der Waals surface area contributed by atoms with Crippen molar-refractivity contribution >= 4 is 12.1 Å². The molecule has 1 atom stereocenters. The smallest absolute Gasteiger partial charge is 0.408 e. The van der Waals surface area contributed by atoms with Gasteiger partial charge < -0.3 is 14.8 Å². The second kappa shape index (κ2) is 8.89. The van der Waals surface area contributed by atoms with Crippen LogP contribution in [0.5, 0.6) is 0 Å². The van der Waals surface area contributed by atoms with Crippen molar-refractivity contribution in [1.82, 2.24) is 30.7 Å². The van der Waals surface area contributed by atoms with Gasteiger partial charge >= 0.3 is 12.1 Å². The minimum absolute atomic E-state index is 0.0589. The first-order valence-electron chi connectivity index (χ1n) is 9.13. The van der Waals surface area contributed by atoms with E-state index in [2.05, 4.69) is 30.7 Å². The molecule has 0 aliphatic rings. The molecule has 2 heterocycles. The molecule has 0 aliphatic carbocycles. The van der Waals surface area contributed by atoms with E-state index in [4.69, 9.17) is 9.47 Å². The molecule has 0 bridgehead atoms. The average molecular weight is 402 g/mol. The second-order valence-corrected chi connectivity index (χ2v) is 8.29. The molecular weight excluding hydrogens is 376 g/mol. The SMILES string of the molecule is CC(C)(C)OC(=O)NC(Cc1nnc(-c2ccccn2)nn1)C(=O)OC(C)(C)C. The quantitative estimate of drug-likeness (QED) is 0.747. The van der Waals surface area contributed by atoms with Gasteiger partial charge in [-0.2, -0.15) is 0 Å². The van der Waals surface area contributed by atoms with Crippen LogP contribution in [0, 0.1) is 0 Å². The van der Waals surface area contributed by atoms with Gasteiger partial charge in [0.25, 0.3) is 0 Å². The zero-order valence-corrected chi connectivity index (χ0v) is 17.5. The molecule has 10 heteroatoms. The largest absolute Gasteiger partial charge is 0.458 e. The van der Waals surface area contributed by atoms with Crippen LogP contribution >= 0.6 is 0 Å². The summed E-state index contributed by atoms with van der Waals surface area (Å²) in [6.07, 6.45) is 0.798. The van der Waals surface area contributed by atoms with Crippen molar-refractivity contribution < 1.29 is 19.1 Å². The van der Waals surface area contributed by atoms with Gasteiger partial charge in [-0.3, -0.25) is 4.98 Å². The van der Waals surface area contributed by atoms with Crippen molar-refractivity contribution in [2.75, 3.05) is 0 Å². The summed E-state index contributed by atoms with van der Waals surface area (Å²) >= 11 is 0. The summed E-state index contributed by atoms with van der Waals surface area (Å²) in [5.41, 5.74) is -0.924. The number of pyridine rings is 1. The van der Waals surface area contributed by atoms with Crippen molar-refractivity contribution in [2.24, 2.45) is 0 Å². The van der Waals surface area contributed by atoms with Crippen LogP contribution in [0.4, 0.5) is 4.79 Å². The number of hydrogen-bond acceptors (Lipinski definition) is 9. The molecule has 156 valence electrons. The van der Waals surface area contributed by atoms with Gasteiger partial charge in [-0.25, -0.2) is 9.59 Å². The number of amides is 1. The molecule has 1 amide bonds. The van der Waals surface area contributed by atoms with Crippen molar-refractivity contribution in [1.29, 1.82) is 0 Å². The van der Waals surface area contributed by atoms with E-state index >= 15 is 0 Å². The Hall–Kier alpha value is -3.17. The summed E-state index contributed by atoms with van der Waals surface area (Å²) < 4.78 is 10.6. The molecule has 1 unspecified atom stereocenters. The maximum Gasteiger partial charge on any atom is 0.408 e. The highest BCUT2D eigenvalue weighted by Gasteiger charge is 2.30. The minimum Gasteiger partial charge on any atom is -0.458 e. The van der Waals surface area contributed by atoms with Crippen LogP contribution in [0.1, 0.15) is 47.4 Å². The monoisotopic (exact) mass is 402 g/mol. The van der Waals surface area contributed by atoms with Crippen molar-refractivity contribution in [3.8, 4) is 11.5 Å². The number of alkyl carbamates (subject to hydrolysis) is 1. The van der Waals surface area contributed by atoms with Gasteiger partial charge in [-0.05, 0) is 53.7 Å². The number of hydrogen-bond donors (Lipinski definition) is 1. The first kappa shape index (κ1) is 22.1. The van der Waals surface area contributed by atoms with Crippen LogP contribution in [0.15, 0.2) is 24.4 Å². The highest BCUT2D eigenvalue weighted by Crippen LogP contribution is 2.12. The van der Waals surface area contributed by atoms with E-state index in [1.165, 1.54) is 0 Å². The third-order valence-corrected chi connectivity index (χ3v) is 3.18. The first-order valence-corrected chi connectivity index (χ1v) is 9.13. The van der Waals surface area contributed by atoms with Gasteiger partial charge in [0.05, 0.1) is 0 Å². The fraction of sp³-hybridized carbons (Fsp3) is 0.526. The highest BCUT2D eigenvalue weighted by atomic mass is 16.6. The number of carbonyl (C=O) groups is 2. The van der Waals surface area contributed by atoms with E-state index in [0.717, 1.165) is 0 Å². The van der Waals surface area contributed by atoms with E-state index in [9.17, 15) is 9.59 Å². The zero-order valence-electron chi connectivity index (χ0n) is 17.5. The predicted molar refractivity (Wildman–Crippen MR) is 104 cm³/mol. The van der Waals surface area contributed by atoms with Crippen LogP contribution in [-0.2, 0) is 20.7 Å². The maximum absolute atomic E-state index is 12.6. The molecule has 0 spiro atoms. The summed E-state index contributed by atoms with van der Waals surface area (Å²) in [6.45, 7) is 10.4. The number of esters is 1. The van der Waals surface area contributed by atoms with E-state index in [1.807, 2.05) is 0 Å². The Morgan fingerprint density at radius 2 is 1.59 bits per heavy atom. The Morgan fingerprint density at radius 1 is 0.966 bits per heavy atom. The summed E-state index contributed by atoms with van der Waals surface area (Å²) in [4.78, 5) is 28.8. The molecule has 0 aliphatic heterocycles. The molecule has 0 saturated carbocycles. The Bertz CT molecular complexity index is 829. The Kier molecular flexibility index (Phi) is 6.78. The highest BCUT2D eigenvalue weighted by molar-refractivity contribution is 5.82. The number of aromatic nitrogens is 5. The number of nitrogens with one attached hydrogen (secondary N) is 1. The third kappa shape index (κ3) is 7.76. The van der Waals surface area contributed by atoms with Gasteiger partial charge in [-0.15, -0.1) is 20.4 Å². The Morgan fingerprint density at radius 3 is 2.10 bits per heavy atom. The predicted octanol–water partition coefficient (Wildman–Crippen LogP) is 2.11. The molecule has 10 nitrogen and oxygen atoms in total. The molecule has 29 heavy (non-hydrogen) atoms. The lowest BCUT2D eigenvalue weighted by molar-refractivity contribution is -0.157. The van der Waals surface area contributed by atoms with Gasteiger partial charge in [0, 0.05) is 12.6 Å². The number of carbonyl (C=O) groups excluding carboxylic acids is 2. The molecule has 1 N–H and O–H groups in total. The summed E-state index contributed by atoms with van der Waals surface area (Å²) in [6, 6.07) is 4.23. The standard InChI is InChI=1S/C19H26N6O4/c1-18(2,3)28-16(26)13(21-17(27)29-19(4,5)6)11-14-22-24-15(25-23-14)12-9-7-8-10-20-12/h7-10,13H,11H2,1-6H3,(H,21,27). The molecule has 2 rings (SSSR count). The number of rotatable bonds is 5. The number of nitrogens with zero attached hydrogens (tertiary/aromatic N) is 5. The van der Waals surface area contributed by atoms with Gasteiger partial charge in [0.15, 0.2) is 5.82 Å². The third-order valence-electron chi connectivity index (χ3n) is 3.18. The fourth-order valence-electron chi connectivity index (χ4n) is 2.13. The van der Waals surface area contributed by atoms with Crippen LogP contribution in [0.2, 0.25) is 0 Å². The molecule has 2 aromatic rings. The van der Waals surface area contributed by atoms with Crippen LogP contribution < -0.4 is 5.32 Å². The van der Waals surface area contributed by atoms with E-state index < -0.39 is 29.3 Å². The summed E-state index contributed by atoms with van der Waals surface area (Å²) in [5.74, 6) is -0.222. The van der Waals surface area contributed by atoms with Crippen LogP contribution in [0.3, 0.4) is 0 Å². The van der Waals surface area contributed by atoms with Crippen LogP contribution in [0.25, 0.3) is 11.5 Å². The fourth-order valence-corrected chi connectivity index (χ4v) is 2.13. The van der Waals surface area contributed by atoms with Crippen molar-refractivity contribution in [3.63, 3.8) is 0 Å². The normalized spacial score (nSPS) is 12.8. The van der Waals surface area contributed by atoms with Gasteiger partial charge in [0.1, 0.15) is 22.9 Å². The lowest BCUT2D eigenvalue weighted by Crippen LogP contribution is -2.47. The first-order chi connectivity index (χ1) is 13.4. The van der Waals surface area contributed by atoms with Crippen molar-refractivity contribution in [2.45, 2.75) is 65.2 Å². The van der Waals surface area contributed by atoms with E-state index in [-0.39, 0.29) is 18.1 Å². The molecular formula is C19H26N6O4. The Balaban J connectivity index is 2.15. The average Bonchev–Trinajstić information content (AvgIpc) is 2.59. The van der Waals surface area contributed by atoms with Gasteiger partial charge in [0.2, 0.25) is 5.82 Å². The van der Waals surface area contributed by atoms with Gasteiger partial charge in [-0.1, -0.05) is 6.07 Å². The van der Waals surface area contributed by atoms with E-state index in [1.54, 1.807) is 65.9 Å². The zero-order chi connectivity index (χ0) is 21.7. The summed E-state index contributed by atoms with van der Waals surface area (Å²) in [5, 5.41) is 18.5. The lowest BCUT2D eigenvalue weighted by atomic mass is 10.1. The molecule has 0 fully saturated rings. The summed E-state index contributed by atoms with van der Waals surface area (Å²) in [7, 11) is 0.